The lowest BCUT2D eigenvalue weighted by atomic mass is 9.97. The van der Waals surface area contributed by atoms with E-state index in [2.05, 4.69) is 11.7 Å². The largest absolute Gasteiger partial charge is 0.429 e. The first-order chi connectivity index (χ1) is 23.3. The Bertz CT molecular complexity index is 1950. The van der Waals surface area contributed by atoms with E-state index in [1.807, 2.05) is 24.3 Å². The Labute approximate surface area is 281 Å². The van der Waals surface area contributed by atoms with Crippen LogP contribution in [0.5, 0.6) is 5.75 Å². The molecule has 0 saturated heterocycles. The van der Waals surface area contributed by atoms with E-state index in [9.17, 15) is 26.3 Å². The second kappa shape index (κ2) is 14.8. The molecule has 5 aromatic rings. The molecule has 0 saturated carbocycles. The standard InChI is InChI=1S/C38H26ClF9O/c1-2-3-4-5-21-6-8-22(9-7-21)23-14-29(39)36(33(43)15-23)25-18-30(40)28(31(41)19-25)12-13-38(47,48)49-26-10-11-27(32(42)20-26)24-16-34(44)37(46)35(45)17-24/h6-20H,2-5H2,1H3/b13-12+. The Hall–Kier alpha value is -4.70. The van der Waals surface area contributed by atoms with Gasteiger partial charge in [0.1, 0.15) is 29.0 Å². The molecule has 5 aromatic carbocycles. The monoisotopic (exact) mass is 704 g/mol. The number of halogens is 10. The summed E-state index contributed by atoms with van der Waals surface area (Å²) < 4.78 is 134. The maximum atomic E-state index is 15.3. The number of benzene rings is 5. The molecule has 254 valence electrons. The van der Waals surface area contributed by atoms with Gasteiger partial charge >= 0.3 is 6.11 Å². The third-order valence-corrected chi connectivity index (χ3v) is 8.00. The molecule has 0 N–H and O–H groups in total. The molecule has 0 atom stereocenters. The summed E-state index contributed by atoms with van der Waals surface area (Å²) in [7, 11) is 0. The summed E-state index contributed by atoms with van der Waals surface area (Å²) in [6.07, 6.45) is 0.364. The highest BCUT2D eigenvalue weighted by atomic mass is 35.5. The minimum absolute atomic E-state index is 0.0160. The molecule has 49 heavy (non-hydrogen) atoms. The van der Waals surface area contributed by atoms with Gasteiger partial charge in [-0.15, -0.1) is 0 Å². The average Bonchev–Trinajstić information content (AvgIpc) is 3.03. The van der Waals surface area contributed by atoms with E-state index in [0.717, 1.165) is 55.5 Å². The van der Waals surface area contributed by atoms with Gasteiger partial charge in [-0.3, -0.25) is 0 Å². The Morgan fingerprint density at radius 2 is 1.24 bits per heavy atom. The van der Waals surface area contributed by atoms with Crippen LogP contribution in [-0.4, -0.2) is 6.11 Å². The van der Waals surface area contributed by atoms with E-state index < -0.39 is 69.3 Å². The maximum absolute atomic E-state index is 15.3. The van der Waals surface area contributed by atoms with Gasteiger partial charge in [0.25, 0.3) is 0 Å². The van der Waals surface area contributed by atoms with Gasteiger partial charge in [0.2, 0.25) is 0 Å². The molecular weight excluding hydrogens is 679 g/mol. The highest BCUT2D eigenvalue weighted by Gasteiger charge is 2.29. The van der Waals surface area contributed by atoms with Gasteiger partial charge in [-0.25, -0.2) is 30.7 Å². The summed E-state index contributed by atoms with van der Waals surface area (Å²) in [6, 6.07) is 14.9. The van der Waals surface area contributed by atoms with Crippen molar-refractivity contribution < 1.29 is 44.3 Å². The van der Waals surface area contributed by atoms with Crippen LogP contribution < -0.4 is 4.74 Å². The topological polar surface area (TPSA) is 9.23 Å². The molecule has 0 spiro atoms. The Morgan fingerprint density at radius 1 is 0.633 bits per heavy atom. The van der Waals surface area contributed by atoms with E-state index in [4.69, 9.17) is 11.6 Å². The Kier molecular flexibility index (Phi) is 10.8. The van der Waals surface area contributed by atoms with Crippen LogP contribution in [0.4, 0.5) is 39.5 Å². The molecule has 0 fully saturated rings. The maximum Gasteiger partial charge on any atom is 0.419 e. The number of unbranched alkanes of at least 4 members (excludes halogenated alkanes) is 2. The normalized spacial score (nSPS) is 11.8. The molecule has 1 nitrogen and oxygen atoms in total. The average molecular weight is 705 g/mol. The van der Waals surface area contributed by atoms with Crippen molar-refractivity contribution in [3.8, 4) is 39.1 Å². The van der Waals surface area contributed by atoms with Crippen LogP contribution in [0.15, 0.2) is 84.9 Å². The van der Waals surface area contributed by atoms with Crippen molar-refractivity contribution in [3.63, 3.8) is 0 Å². The van der Waals surface area contributed by atoms with Crippen LogP contribution in [0.25, 0.3) is 39.5 Å². The van der Waals surface area contributed by atoms with Crippen molar-refractivity contribution in [2.45, 2.75) is 38.7 Å². The molecule has 0 bridgehead atoms. The third-order valence-electron chi connectivity index (χ3n) is 7.70. The molecule has 5 rings (SSSR count). The van der Waals surface area contributed by atoms with E-state index in [-0.39, 0.29) is 22.2 Å². The minimum Gasteiger partial charge on any atom is -0.429 e. The third kappa shape index (κ3) is 8.31. The minimum atomic E-state index is -4.22. The SMILES string of the molecule is CCCCCc1ccc(-c2cc(F)c(-c3cc(F)c(/C=C/C(F)(F)Oc4ccc(-c5cc(F)c(F)c(F)c5)c(F)c4)c(F)c3)c(Cl)c2)cc1. The number of hydrogen-bond acceptors (Lipinski definition) is 1. The van der Waals surface area contributed by atoms with E-state index in [0.29, 0.717) is 35.4 Å². The smallest absolute Gasteiger partial charge is 0.419 e. The van der Waals surface area contributed by atoms with E-state index >= 15 is 13.2 Å². The summed E-state index contributed by atoms with van der Waals surface area (Å²) >= 11 is 6.36. The molecule has 0 aliphatic carbocycles. The second-order valence-electron chi connectivity index (χ2n) is 11.2. The van der Waals surface area contributed by atoms with Crippen LogP contribution in [-0.2, 0) is 6.42 Å². The summed E-state index contributed by atoms with van der Waals surface area (Å²) in [5.74, 6) is -10.4. The van der Waals surface area contributed by atoms with Gasteiger partial charge in [0.05, 0.1) is 5.02 Å². The van der Waals surface area contributed by atoms with Crippen LogP contribution >= 0.6 is 11.6 Å². The van der Waals surface area contributed by atoms with E-state index in [1.54, 1.807) is 0 Å². The van der Waals surface area contributed by atoms with Crippen molar-refractivity contribution in [1.82, 2.24) is 0 Å². The molecule has 0 unspecified atom stereocenters. The zero-order valence-electron chi connectivity index (χ0n) is 25.7. The van der Waals surface area contributed by atoms with Crippen LogP contribution in [0.1, 0.15) is 37.3 Å². The summed E-state index contributed by atoms with van der Waals surface area (Å²) in [4.78, 5) is 0. The van der Waals surface area contributed by atoms with Crippen LogP contribution in [0.3, 0.4) is 0 Å². The van der Waals surface area contributed by atoms with Crippen molar-refractivity contribution in [2.75, 3.05) is 0 Å². The number of ether oxygens (including phenoxy) is 1. The zero-order valence-corrected chi connectivity index (χ0v) is 26.4. The predicted octanol–water partition coefficient (Wildman–Crippen LogP) is 12.7. The van der Waals surface area contributed by atoms with Crippen molar-refractivity contribution in [3.05, 3.63) is 142 Å². The van der Waals surface area contributed by atoms with Crippen molar-refractivity contribution >= 4 is 17.7 Å². The quantitative estimate of drug-likeness (QED) is 0.0755. The first-order valence-corrected chi connectivity index (χ1v) is 15.4. The zero-order chi connectivity index (χ0) is 35.5. The molecule has 0 aliphatic rings. The summed E-state index contributed by atoms with van der Waals surface area (Å²) in [5, 5.41) is -0.128. The van der Waals surface area contributed by atoms with Gasteiger partial charge in [-0.05, 0) is 95.3 Å². The highest BCUT2D eigenvalue weighted by molar-refractivity contribution is 6.33. The van der Waals surface area contributed by atoms with Gasteiger partial charge < -0.3 is 4.74 Å². The molecule has 0 aromatic heterocycles. The fourth-order valence-electron chi connectivity index (χ4n) is 5.22. The van der Waals surface area contributed by atoms with Gasteiger partial charge in [0.15, 0.2) is 17.5 Å². The van der Waals surface area contributed by atoms with Crippen molar-refractivity contribution in [1.29, 1.82) is 0 Å². The highest BCUT2D eigenvalue weighted by Crippen LogP contribution is 2.37. The van der Waals surface area contributed by atoms with Crippen LogP contribution in [0.2, 0.25) is 5.02 Å². The van der Waals surface area contributed by atoms with Gasteiger partial charge in [0, 0.05) is 28.8 Å². The Morgan fingerprint density at radius 3 is 1.84 bits per heavy atom. The van der Waals surface area contributed by atoms with E-state index in [1.165, 1.54) is 12.1 Å². The number of rotatable bonds is 11. The molecule has 11 heteroatoms. The molecule has 0 aliphatic heterocycles. The summed E-state index contributed by atoms with van der Waals surface area (Å²) in [6.45, 7) is 2.12. The molecule has 0 heterocycles. The molecular formula is C38H26ClF9O. The first kappa shape index (κ1) is 35.6. The number of aryl methyl sites for hydroxylation is 1. The number of alkyl halides is 2. The van der Waals surface area contributed by atoms with Crippen LogP contribution in [0, 0.1) is 40.7 Å². The number of hydrogen-bond donors (Lipinski definition) is 0. The fraction of sp³-hybridized carbons (Fsp3) is 0.158. The lowest BCUT2D eigenvalue weighted by Crippen LogP contribution is -2.21. The van der Waals surface area contributed by atoms with Gasteiger partial charge in [-0.2, -0.15) is 8.78 Å². The van der Waals surface area contributed by atoms with Crippen molar-refractivity contribution in [2.24, 2.45) is 0 Å². The van der Waals surface area contributed by atoms with Gasteiger partial charge in [-0.1, -0.05) is 55.6 Å². The second-order valence-corrected chi connectivity index (χ2v) is 11.6. The lowest BCUT2D eigenvalue weighted by molar-refractivity contribution is -0.131. The lowest BCUT2D eigenvalue weighted by Gasteiger charge is -2.15. The fourth-order valence-corrected chi connectivity index (χ4v) is 5.54. The molecule has 0 amide bonds. The molecule has 0 radical (unpaired) electrons. The predicted molar refractivity (Wildman–Crippen MR) is 172 cm³/mol. The Balaban J connectivity index is 1.33. The summed E-state index contributed by atoms with van der Waals surface area (Å²) in [5.41, 5.74) is -0.0406. The first-order valence-electron chi connectivity index (χ1n) is 15.0.